The van der Waals surface area contributed by atoms with Crippen LogP contribution in [0, 0.1) is 6.92 Å². The lowest BCUT2D eigenvalue weighted by atomic mass is 10.0. The number of aromatic nitrogens is 6. The molecule has 1 amide bonds. The predicted molar refractivity (Wildman–Crippen MR) is 111 cm³/mol. The van der Waals surface area contributed by atoms with E-state index in [1.165, 1.54) is 13.1 Å². The Morgan fingerprint density at radius 3 is 2.67 bits per heavy atom. The number of hydrogen-bond donors (Lipinski definition) is 1. The Hall–Kier alpha value is -3.57. The minimum absolute atomic E-state index is 0.107. The third kappa shape index (κ3) is 4.78. The molecule has 0 aromatic carbocycles. The summed E-state index contributed by atoms with van der Waals surface area (Å²) in [6, 6.07) is 3.61. The minimum atomic E-state index is -3.99. The van der Waals surface area contributed by atoms with Gasteiger partial charge in [-0.2, -0.15) is 13.8 Å². The molecule has 0 radical (unpaired) electrons. The van der Waals surface area contributed by atoms with Crippen LogP contribution in [-0.4, -0.2) is 42.2 Å². The number of rotatable bonds is 8. The molecule has 33 heavy (non-hydrogen) atoms. The number of nitrogens with zero attached hydrogens (tertiary/aromatic N) is 6. The molecule has 1 atom stereocenters. The van der Waals surface area contributed by atoms with Crippen LogP contribution in [0.15, 0.2) is 24.5 Å². The van der Waals surface area contributed by atoms with E-state index in [4.69, 9.17) is 4.74 Å². The maximum absolute atomic E-state index is 15.1. The smallest absolute Gasteiger partial charge is 0.341 e. The van der Waals surface area contributed by atoms with Crippen LogP contribution in [0.4, 0.5) is 19.0 Å². The molecular formula is C21H22F3N7O2. The SMILES string of the molecule is CCOc1cc(C(F)C(F)(F)c2nncn2C)cc(NC(=O)c2cc(C)nc(C3CC3)n2)n1. The summed E-state index contributed by atoms with van der Waals surface area (Å²) in [5.41, 5.74) is 0.297. The molecule has 0 spiro atoms. The van der Waals surface area contributed by atoms with Crippen LogP contribution in [0.1, 0.15) is 65.2 Å². The van der Waals surface area contributed by atoms with Gasteiger partial charge in [0.25, 0.3) is 5.91 Å². The molecule has 9 nitrogen and oxygen atoms in total. The first-order chi connectivity index (χ1) is 15.7. The summed E-state index contributed by atoms with van der Waals surface area (Å²) in [4.78, 5) is 25.5. The first-order valence-electron chi connectivity index (χ1n) is 10.4. The molecule has 1 unspecified atom stereocenters. The third-order valence-electron chi connectivity index (χ3n) is 5.03. The van der Waals surface area contributed by atoms with Crippen LogP contribution in [0.25, 0.3) is 0 Å². The van der Waals surface area contributed by atoms with Crippen molar-refractivity contribution >= 4 is 11.7 Å². The first kappa shape index (κ1) is 22.6. The van der Waals surface area contributed by atoms with E-state index in [2.05, 4.69) is 30.5 Å². The second-order valence-electron chi connectivity index (χ2n) is 7.79. The van der Waals surface area contributed by atoms with Gasteiger partial charge < -0.3 is 14.6 Å². The fourth-order valence-corrected chi connectivity index (χ4v) is 3.28. The molecule has 1 fully saturated rings. The molecule has 0 aliphatic heterocycles. The Morgan fingerprint density at radius 2 is 2.03 bits per heavy atom. The van der Waals surface area contributed by atoms with Crippen molar-refractivity contribution in [2.45, 2.75) is 44.7 Å². The number of carbonyl (C=O) groups excluding carboxylic acids is 1. The summed E-state index contributed by atoms with van der Waals surface area (Å²) in [6.45, 7) is 3.58. The number of alkyl halides is 3. The number of amides is 1. The lowest BCUT2D eigenvalue weighted by Gasteiger charge is -2.21. The van der Waals surface area contributed by atoms with Crippen LogP contribution in [-0.2, 0) is 13.0 Å². The van der Waals surface area contributed by atoms with Gasteiger partial charge in [-0.1, -0.05) is 0 Å². The number of nitrogens with one attached hydrogen (secondary N) is 1. The average Bonchev–Trinajstić information content (AvgIpc) is 3.53. The Balaban J connectivity index is 1.64. The molecule has 3 aromatic heterocycles. The largest absolute Gasteiger partial charge is 0.478 e. The fourth-order valence-electron chi connectivity index (χ4n) is 3.28. The molecule has 4 rings (SSSR count). The van der Waals surface area contributed by atoms with Gasteiger partial charge in [-0.15, -0.1) is 10.2 Å². The summed E-state index contributed by atoms with van der Waals surface area (Å²) < 4.78 is 50.9. The van der Waals surface area contributed by atoms with Gasteiger partial charge >= 0.3 is 5.92 Å². The molecule has 12 heteroatoms. The first-order valence-corrected chi connectivity index (χ1v) is 10.4. The monoisotopic (exact) mass is 461 g/mol. The molecule has 3 heterocycles. The highest BCUT2D eigenvalue weighted by Crippen LogP contribution is 2.43. The Bertz CT molecular complexity index is 1180. The zero-order chi connectivity index (χ0) is 23.8. The highest BCUT2D eigenvalue weighted by atomic mass is 19.3. The van der Waals surface area contributed by atoms with Gasteiger partial charge in [0, 0.05) is 30.3 Å². The van der Waals surface area contributed by atoms with E-state index in [0.29, 0.717) is 11.5 Å². The number of hydrogen-bond acceptors (Lipinski definition) is 7. The van der Waals surface area contributed by atoms with Crippen LogP contribution in [0.2, 0.25) is 0 Å². The summed E-state index contributed by atoms with van der Waals surface area (Å²) >= 11 is 0. The molecular weight excluding hydrogens is 439 g/mol. The molecule has 1 saturated carbocycles. The van der Waals surface area contributed by atoms with Crippen molar-refractivity contribution in [3.8, 4) is 5.88 Å². The maximum Gasteiger partial charge on any atom is 0.341 e. The van der Waals surface area contributed by atoms with Gasteiger partial charge in [0.05, 0.1) is 6.61 Å². The molecule has 0 bridgehead atoms. The highest BCUT2D eigenvalue weighted by molar-refractivity contribution is 6.02. The lowest BCUT2D eigenvalue weighted by Crippen LogP contribution is -2.25. The van der Waals surface area contributed by atoms with E-state index in [-0.39, 0.29) is 29.9 Å². The predicted octanol–water partition coefficient (Wildman–Crippen LogP) is 3.64. The Kier molecular flexibility index (Phi) is 6.00. The van der Waals surface area contributed by atoms with E-state index in [1.54, 1.807) is 13.8 Å². The van der Waals surface area contributed by atoms with Crippen molar-refractivity contribution < 1.29 is 22.7 Å². The zero-order valence-corrected chi connectivity index (χ0v) is 18.2. The summed E-state index contributed by atoms with van der Waals surface area (Å²) in [6.07, 6.45) is 0.188. The van der Waals surface area contributed by atoms with E-state index in [0.717, 1.165) is 35.9 Å². The third-order valence-corrected chi connectivity index (χ3v) is 5.03. The van der Waals surface area contributed by atoms with Crippen molar-refractivity contribution in [2.24, 2.45) is 7.05 Å². The molecule has 3 aromatic rings. The molecule has 1 aliphatic carbocycles. The summed E-state index contributed by atoms with van der Waals surface area (Å²) in [5, 5.41) is 9.22. The highest BCUT2D eigenvalue weighted by Gasteiger charge is 2.47. The average molecular weight is 461 g/mol. The van der Waals surface area contributed by atoms with Crippen LogP contribution in [0.5, 0.6) is 5.88 Å². The number of pyridine rings is 1. The second-order valence-corrected chi connectivity index (χ2v) is 7.79. The van der Waals surface area contributed by atoms with Crippen molar-refractivity contribution in [1.29, 1.82) is 0 Å². The topological polar surface area (TPSA) is 108 Å². The standard InChI is InChI=1S/C21H22F3N7O2/c1-4-33-16-9-13(17(22)21(23,24)20-30-25-10-31(20)3)8-15(28-16)29-19(32)14-7-11(2)26-18(27-14)12-5-6-12/h7-10,12,17H,4-6H2,1-3H3,(H,28,29,32). The number of aryl methyl sites for hydroxylation is 2. The van der Waals surface area contributed by atoms with E-state index in [1.807, 2.05) is 0 Å². The van der Waals surface area contributed by atoms with Gasteiger partial charge in [-0.3, -0.25) is 4.79 Å². The quantitative estimate of drug-likeness (QED) is 0.546. The van der Waals surface area contributed by atoms with Crippen LogP contribution >= 0.6 is 0 Å². The van der Waals surface area contributed by atoms with Crippen molar-refractivity contribution in [1.82, 2.24) is 29.7 Å². The molecule has 1 N–H and O–H groups in total. The van der Waals surface area contributed by atoms with Gasteiger partial charge in [-0.05, 0) is 38.8 Å². The van der Waals surface area contributed by atoms with Crippen LogP contribution in [0.3, 0.4) is 0 Å². The Labute approximate surface area is 187 Å². The lowest BCUT2D eigenvalue weighted by molar-refractivity contribution is -0.0905. The number of carbonyl (C=O) groups is 1. The van der Waals surface area contributed by atoms with Gasteiger partial charge in [0.1, 0.15) is 23.7 Å². The number of anilines is 1. The van der Waals surface area contributed by atoms with E-state index >= 15 is 4.39 Å². The van der Waals surface area contributed by atoms with Crippen molar-refractivity contribution in [3.05, 3.63) is 53.1 Å². The van der Waals surface area contributed by atoms with Gasteiger partial charge in [0.2, 0.25) is 11.7 Å². The summed E-state index contributed by atoms with van der Waals surface area (Å²) in [7, 11) is 1.29. The van der Waals surface area contributed by atoms with E-state index in [9.17, 15) is 13.6 Å². The van der Waals surface area contributed by atoms with E-state index < -0.39 is 29.4 Å². The summed E-state index contributed by atoms with van der Waals surface area (Å²) in [5.74, 6) is -4.88. The number of ether oxygens (including phenoxy) is 1. The van der Waals surface area contributed by atoms with Gasteiger partial charge in [0.15, 0.2) is 6.17 Å². The fraction of sp³-hybridized carbons (Fsp3) is 0.429. The van der Waals surface area contributed by atoms with Crippen LogP contribution < -0.4 is 10.1 Å². The van der Waals surface area contributed by atoms with Gasteiger partial charge in [-0.25, -0.2) is 14.4 Å². The second kappa shape index (κ2) is 8.75. The molecule has 174 valence electrons. The number of halogens is 3. The maximum atomic E-state index is 15.1. The Morgan fingerprint density at radius 1 is 1.27 bits per heavy atom. The minimum Gasteiger partial charge on any atom is -0.478 e. The molecule has 1 aliphatic rings. The zero-order valence-electron chi connectivity index (χ0n) is 18.2. The van der Waals surface area contributed by atoms with Crippen molar-refractivity contribution in [2.75, 3.05) is 11.9 Å². The normalized spacial score (nSPS) is 14.7. The van der Waals surface area contributed by atoms with Crippen molar-refractivity contribution in [3.63, 3.8) is 0 Å². The molecule has 0 saturated heterocycles.